The smallest absolute Gasteiger partial charge is 0.390 e. The van der Waals surface area contributed by atoms with E-state index in [-0.39, 0.29) is 22.9 Å². The van der Waals surface area contributed by atoms with Crippen molar-refractivity contribution in [2.75, 3.05) is 0 Å². The third-order valence-electron chi connectivity index (χ3n) is 5.64. The lowest BCUT2D eigenvalue weighted by atomic mass is 9.78. The van der Waals surface area contributed by atoms with E-state index >= 15 is 0 Å². The second-order valence-corrected chi connectivity index (χ2v) is 7.77. The van der Waals surface area contributed by atoms with Gasteiger partial charge in [-0.3, -0.25) is 14.8 Å². The van der Waals surface area contributed by atoms with E-state index in [9.17, 15) is 9.59 Å². The number of nitrogens with zero attached hydrogens (tertiary/aromatic N) is 3. The lowest BCUT2D eigenvalue weighted by Gasteiger charge is -2.40. The molecule has 2 bridgehead atoms. The molecule has 8 nitrogen and oxygen atoms in total. The number of aromatic nitrogens is 3. The van der Waals surface area contributed by atoms with E-state index in [1.54, 1.807) is 37.5 Å². The van der Waals surface area contributed by atoms with Crippen molar-refractivity contribution in [3.63, 3.8) is 0 Å². The summed E-state index contributed by atoms with van der Waals surface area (Å²) in [5.74, 6) is 0.00772. The van der Waals surface area contributed by atoms with E-state index in [1.807, 2.05) is 0 Å². The van der Waals surface area contributed by atoms with Gasteiger partial charge in [0.2, 0.25) is 5.88 Å². The minimum atomic E-state index is -0.534. The molecule has 28 heavy (non-hydrogen) atoms. The minimum Gasteiger partial charge on any atom is -0.390 e. The third kappa shape index (κ3) is 3.81. The van der Waals surface area contributed by atoms with E-state index in [4.69, 9.17) is 4.74 Å². The summed E-state index contributed by atoms with van der Waals surface area (Å²) in [5, 5.41) is 6.21. The van der Waals surface area contributed by atoms with Crippen LogP contribution in [-0.2, 0) is 0 Å². The maximum Gasteiger partial charge on any atom is 0.414 e. The zero-order valence-electron chi connectivity index (χ0n) is 15.8. The molecule has 2 saturated carbocycles. The highest BCUT2D eigenvalue weighted by Gasteiger charge is 2.52. The number of hydrogen-bond donors (Lipinski definition) is 2. The lowest BCUT2D eigenvalue weighted by Crippen LogP contribution is -2.55. The van der Waals surface area contributed by atoms with Gasteiger partial charge in [-0.25, -0.2) is 9.78 Å². The maximum absolute atomic E-state index is 12.6. The molecule has 2 amide bonds. The second kappa shape index (κ2) is 7.18. The van der Waals surface area contributed by atoms with Crippen LogP contribution in [0.4, 0.5) is 4.79 Å². The van der Waals surface area contributed by atoms with E-state index < -0.39 is 6.09 Å². The van der Waals surface area contributed by atoms with Gasteiger partial charge in [-0.1, -0.05) is 6.07 Å². The lowest BCUT2D eigenvalue weighted by molar-refractivity contribution is 0.0864. The highest BCUT2D eigenvalue weighted by atomic mass is 16.6. The molecule has 2 atom stereocenters. The van der Waals surface area contributed by atoms with Crippen molar-refractivity contribution >= 4 is 12.0 Å². The summed E-state index contributed by atoms with van der Waals surface area (Å²) < 4.78 is 5.31. The van der Waals surface area contributed by atoms with Crippen LogP contribution in [0, 0.1) is 6.92 Å². The Morgan fingerprint density at radius 1 is 1.07 bits per heavy atom. The molecule has 0 aromatic carbocycles. The summed E-state index contributed by atoms with van der Waals surface area (Å²) in [7, 11) is 0. The minimum absolute atomic E-state index is 0.170. The second-order valence-electron chi connectivity index (χ2n) is 7.77. The van der Waals surface area contributed by atoms with Crippen LogP contribution >= 0.6 is 0 Å². The van der Waals surface area contributed by atoms with Crippen LogP contribution < -0.4 is 15.4 Å². The molecule has 8 heteroatoms. The maximum atomic E-state index is 12.6. The van der Waals surface area contributed by atoms with Gasteiger partial charge < -0.3 is 15.4 Å². The first-order chi connectivity index (χ1) is 13.5. The number of nitrogens with one attached hydrogen (secondary N) is 2. The number of carbonyl (C=O) groups excluding carboxylic acids is 2. The van der Waals surface area contributed by atoms with Gasteiger partial charge in [-0.05, 0) is 57.6 Å². The van der Waals surface area contributed by atoms with Crippen LogP contribution in [0.2, 0.25) is 0 Å². The summed E-state index contributed by atoms with van der Waals surface area (Å²) in [6.07, 6.45) is 9.07. The number of aryl methyl sites for hydroxylation is 1. The van der Waals surface area contributed by atoms with Crippen molar-refractivity contribution in [2.24, 2.45) is 0 Å². The Bertz CT molecular complexity index is 890. The van der Waals surface area contributed by atoms with Crippen LogP contribution in [0.15, 0.2) is 36.8 Å². The van der Waals surface area contributed by atoms with Crippen molar-refractivity contribution in [2.45, 2.75) is 56.5 Å². The van der Waals surface area contributed by atoms with Crippen molar-refractivity contribution in [1.29, 1.82) is 0 Å². The predicted molar refractivity (Wildman–Crippen MR) is 101 cm³/mol. The van der Waals surface area contributed by atoms with Crippen molar-refractivity contribution in [3.05, 3.63) is 48.2 Å². The quantitative estimate of drug-likeness (QED) is 0.843. The van der Waals surface area contributed by atoms with Gasteiger partial charge in [-0.2, -0.15) is 0 Å². The molecule has 2 aliphatic carbocycles. The normalized spacial score (nSPS) is 25.8. The highest BCUT2D eigenvalue weighted by molar-refractivity contribution is 5.92. The van der Waals surface area contributed by atoms with E-state index in [2.05, 4.69) is 25.6 Å². The Hall–Kier alpha value is -3.03. The number of amides is 2. The Kier molecular flexibility index (Phi) is 4.70. The first-order valence-electron chi connectivity index (χ1n) is 9.50. The summed E-state index contributed by atoms with van der Waals surface area (Å²) in [4.78, 5) is 37.3. The van der Waals surface area contributed by atoms with Crippen molar-refractivity contribution in [3.8, 4) is 5.88 Å². The van der Waals surface area contributed by atoms with Crippen LogP contribution in [-0.4, -0.2) is 38.0 Å². The molecular formula is C20H23N5O3. The predicted octanol–water partition coefficient (Wildman–Crippen LogP) is 2.54. The number of hydrogen-bond acceptors (Lipinski definition) is 6. The molecular weight excluding hydrogens is 358 g/mol. The molecule has 0 unspecified atom stereocenters. The molecule has 2 aromatic heterocycles. The molecule has 146 valence electrons. The molecule has 0 radical (unpaired) electrons. The van der Waals surface area contributed by atoms with Crippen LogP contribution in [0.1, 0.15) is 54.7 Å². The van der Waals surface area contributed by atoms with Crippen molar-refractivity contribution < 1.29 is 14.3 Å². The van der Waals surface area contributed by atoms with Gasteiger partial charge >= 0.3 is 6.09 Å². The summed E-state index contributed by atoms with van der Waals surface area (Å²) in [6, 6.07) is 5.28. The first kappa shape index (κ1) is 18.3. The van der Waals surface area contributed by atoms with Crippen LogP contribution in [0.25, 0.3) is 0 Å². The Labute approximate surface area is 163 Å². The Morgan fingerprint density at radius 2 is 1.86 bits per heavy atom. The topological polar surface area (TPSA) is 106 Å². The number of pyridine rings is 1. The molecule has 0 aliphatic heterocycles. The third-order valence-corrected chi connectivity index (χ3v) is 5.64. The standard InChI is InChI=1S/C20H23N5O3/c1-14-11-21-12-16(23-14)28-18(27)25-20-7-4-6-19(13-20,8-9-20)24-17(26)15-5-2-3-10-22-15/h2-3,5,10-12H,4,6-9,13H2,1H3,(H,24,26)(H,25,27)/t19-,20+/m0/s1. The zero-order valence-corrected chi connectivity index (χ0v) is 15.8. The molecule has 2 heterocycles. The van der Waals surface area contributed by atoms with Crippen LogP contribution in [0.5, 0.6) is 5.88 Å². The van der Waals surface area contributed by atoms with E-state index in [0.29, 0.717) is 17.8 Å². The van der Waals surface area contributed by atoms with Gasteiger partial charge in [0, 0.05) is 23.5 Å². The monoisotopic (exact) mass is 381 g/mol. The number of fused-ring (bicyclic) bond motifs is 2. The molecule has 4 rings (SSSR count). The fraction of sp³-hybridized carbons (Fsp3) is 0.450. The van der Waals surface area contributed by atoms with Gasteiger partial charge in [0.25, 0.3) is 5.91 Å². The average Bonchev–Trinajstić information content (AvgIpc) is 2.92. The summed E-state index contributed by atoms with van der Waals surface area (Å²) in [6.45, 7) is 1.78. The Morgan fingerprint density at radius 3 is 2.57 bits per heavy atom. The van der Waals surface area contributed by atoms with Gasteiger partial charge in [0.1, 0.15) is 5.69 Å². The van der Waals surface area contributed by atoms with Crippen molar-refractivity contribution in [1.82, 2.24) is 25.6 Å². The van der Waals surface area contributed by atoms with Crippen LogP contribution in [0.3, 0.4) is 0 Å². The van der Waals surface area contributed by atoms with Gasteiger partial charge in [0.15, 0.2) is 0 Å². The number of carbonyl (C=O) groups is 2. The SMILES string of the molecule is Cc1cncc(OC(=O)N[C@]23CCC[C@](NC(=O)c4ccccn4)(CC2)C3)n1. The highest BCUT2D eigenvalue weighted by Crippen LogP contribution is 2.48. The molecule has 0 spiro atoms. The van der Waals surface area contributed by atoms with Gasteiger partial charge in [0.05, 0.1) is 11.9 Å². The molecule has 2 fully saturated rings. The average molecular weight is 381 g/mol. The fourth-order valence-corrected chi connectivity index (χ4v) is 4.46. The molecule has 2 N–H and O–H groups in total. The molecule has 0 saturated heterocycles. The fourth-order valence-electron chi connectivity index (χ4n) is 4.46. The summed E-state index contributed by atoms with van der Waals surface area (Å²) in [5.41, 5.74) is 0.399. The first-order valence-corrected chi connectivity index (χ1v) is 9.50. The zero-order chi connectivity index (χ0) is 19.6. The Balaban J connectivity index is 1.42. The number of rotatable bonds is 4. The van der Waals surface area contributed by atoms with E-state index in [0.717, 1.165) is 32.1 Å². The summed E-state index contributed by atoms with van der Waals surface area (Å²) >= 11 is 0. The number of ether oxygens (including phenoxy) is 1. The van der Waals surface area contributed by atoms with E-state index in [1.165, 1.54) is 6.20 Å². The largest absolute Gasteiger partial charge is 0.414 e. The molecule has 2 aromatic rings. The molecule has 2 aliphatic rings. The van der Waals surface area contributed by atoms with Gasteiger partial charge in [-0.15, -0.1) is 0 Å².